The Balaban J connectivity index is 0.00000108. The summed E-state index contributed by atoms with van der Waals surface area (Å²) in [6.45, 7) is 12.1. The number of aryl methyl sites for hydroxylation is 1. The van der Waals surface area contributed by atoms with E-state index >= 15 is 0 Å². The van der Waals surface area contributed by atoms with Gasteiger partial charge in [0.25, 0.3) is 5.92 Å². The van der Waals surface area contributed by atoms with E-state index in [9.17, 15) is 27.4 Å². The van der Waals surface area contributed by atoms with Gasteiger partial charge in [0.15, 0.2) is 0 Å². The predicted octanol–water partition coefficient (Wildman–Crippen LogP) is 5.01. The monoisotopic (exact) mass is 580 g/mol. The van der Waals surface area contributed by atoms with Gasteiger partial charge in [-0.05, 0) is 79.9 Å². The van der Waals surface area contributed by atoms with E-state index in [0.29, 0.717) is 4.90 Å². The van der Waals surface area contributed by atoms with E-state index in [-0.39, 0.29) is 18.1 Å². The minimum absolute atomic E-state index is 0.131. The number of halogens is 2. The molecule has 13 heteroatoms. The third-order valence-electron chi connectivity index (χ3n) is 4.44. The molecular formula is C26H42F2N2O8S. The highest BCUT2D eigenvalue weighted by molar-refractivity contribution is 7.95. The minimum Gasteiger partial charge on any atom is -0.464 e. The number of amides is 2. The van der Waals surface area contributed by atoms with Crippen LogP contribution >= 0.6 is 0 Å². The van der Waals surface area contributed by atoms with Gasteiger partial charge in [-0.25, -0.2) is 27.4 Å². The summed E-state index contributed by atoms with van der Waals surface area (Å²) < 4.78 is 63.4. The number of nitrogens with zero attached hydrogens (tertiary/aromatic N) is 1. The molecule has 0 spiro atoms. The van der Waals surface area contributed by atoms with E-state index in [0.717, 1.165) is 5.56 Å². The molecule has 1 aromatic carbocycles. The van der Waals surface area contributed by atoms with Gasteiger partial charge in [0.2, 0.25) is 0 Å². The van der Waals surface area contributed by atoms with Crippen molar-refractivity contribution in [2.75, 3.05) is 13.2 Å². The SMILES string of the molecule is C=S(=O)(O)c1ccc(C)cc1.CCOC(=O)[C@H](CC(F)(F)CCN)N(C(=O)OC(C)(C)C)C(=O)OC(C)(C)C. The van der Waals surface area contributed by atoms with E-state index in [1.807, 2.05) is 6.92 Å². The lowest BCUT2D eigenvalue weighted by atomic mass is 10.0. The molecule has 10 nitrogen and oxygen atoms in total. The van der Waals surface area contributed by atoms with Gasteiger partial charge in [0.05, 0.1) is 11.5 Å². The lowest BCUT2D eigenvalue weighted by molar-refractivity contribution is -0.153. The number of rotatable bonds is 8. The summed E-state index contributed by atoms with van der Waals surface area (Å²) in [5, 5.41) is 0. The fourth-order valence-electron chi connectivity index (χ4n) is 2.82. The number of carbonyl (C=O) groups is 3. The first-order valence-corrected chi connectivity index (χ1v) is 13.9. The van der Waals surface area contributed by atoms with Crippen LogP contribution in [0, 0.1) is 6.92 Å². The number of benzene rings is 1. The fourth-order valence-corrected chi connectivity index (χ4v) is 3.38. The van der Waals surface area contributed by atoms with E-state index in [2.05, 4.69) is 5.87 Å². The Morgan fingerprint density at radius 2 is 1.46 bits per heavy atom. The number of nitrogens with two attached hydrogens (primary N) is 1. The highest BCUT2D eigenvalue weighted by Gasteiger charge is 2.46. The lowest BCUT2D eigenvalue weighted by Crippen LogP contribution is -2.54. The van der Waals surface area contributed by atoms with Crippen molar-refractivity contribution in [1.82, 2.24) is 4.90 Å². The second-order valence-corrected chi connectivity index (χ2v) is 12.4. The van der Waals surface area contributed by atoms with Crippen molar-refractivity contribution in [1.29, 1.82) is 0 Å². The zero-order chi connectivity index (χ0) is 30.8. The summed E-state index contributed by atoms with van der Waals surface area (Å²) >= 11 is 0. The number of carbonyl (C=O) groups excluding carboxylic acids is 3. The molecule has 0 aromatic heterocycles. The van der Waals surface area contributed by atoms with Crippen LogP contribution in [0.15, 0.2) is 29.2 Å². The zero-order valence-electron chi connectivity index (χ0n) is 23.9. The predicted molar refractivity (Wildman–Crippen MR) is 145 cm³/mol. The van der Waals surface area contributed by atoms with E-state index < -0.39 is 64.0 Å². The van der Waals surface area contributed by atoms with Crippen LogP contribution in [0.3, 0.4) is 0 Å². The summed E-state index contributed by atoms with van der Waals surface area (Å²) in [6, 6.07) is 4.87. The second kappa shape index (κ2) is 14.6. The highest BCUT2D eigenvalue weighted by atomic mass is 32.2. The molecule has 1 rings (SSSR count). The van der Waals surface area contributed by atoms with Crippen molar-refractivity contribution < 1.29 is 46.1 Å². The molecule has 0 saturated carbocycles. The van der Waals surface area contributed by atoms with Gasteiger partial charge in [0, 0.05) is 12.8 Å². The second-order valence-electron chi connectivity index (χ2n) is 10.7. The van der Waals surface area contributed by atoms with Gasteiger partial charge >= 0.3 is 18.2 Å². The molecule has 224 valence electrons. The molecular weight excluding hydrogens is 538 g/mol. The average molecular weight is 581 g/mol. The number of esters is 1. The summed E-state index contributed by atoms with van der Waals surface area (Å²) in [5.74, 6) is -1.44. The molecule has 39 heavy (non-hydrogen) atoms. The largest absolute Gasteiger partial charge is 0.464 e. The zero-order valence-corrected chi connectivity index (χ0v) is 24.7. The van der Waals surface area contributed by atoms with Crippen LogP contribution in [-0.2, 0) is 28.8 Å². The molecule has 0 aliphatic carbocycles. The number of alkyl halides is 2. The summed E-state index contributed by atoms with van der Waals surface area (Å²) in [7, 11) is -3.02. The fraction of sp³-hybridized carbons (Fsp3) is 0.615. The lowest BCUT2D eigenvalue weighted by Gasteiger charge is -2.33. The van der Waals surface area contributed by atoms with Gasteiger partial charge in [-0.2, -0.15) is 4.90 Å². The first-order chi connectivity index (χ1) is 17.5. The molecule has 2 amide bonds. The van der Waals surface area contributed by atoms with Gasteiger partial charge < -0.3 is 24.5 Å². The van der Waals surface area contributed by atoms with Crippen LogP contribution in [-0.4, -0.2) is 74.0 Å². The standard InChI is InChI=1S/C18H32F2N2O6.C8H10O2S/c1-8-26-13(23)12(11-18(19,20)9-10-21)22(14(24)27-16(2,3)4)15(25)28-17(5,6)7;1-7-3-5-8(6-4-7)11(2,9)10/h12H,8-11,21H2,1-7H3;3-6H,2H2,1H3,(H,9,10)/t12-;/m0./s1. The Labute approximate surface area is 230 Å². The van der Waals surface area contributed by atoms with Gasteiger partial charge in [-0.15, -0.1) is 0 Å². The quantitative estimate of drug-likeness (QED) is 0.246. The minimum atomic E-state index is -3.42. The first-order valence-electron chi connectivity index (χ1n) is 12.2. The van der Waals surface area contributed by atoms with Crippen molar-refractivity contribution in [3.05, 3.63) is 29.8 Å². The van der Waals surface area contributed by atoms with Crippen molar-refractivity contribution in [3.8, 4) is 0 Å². The smallest absolute Gasteiger partial charge is 0.420 e. The Hall–Kier alpha value is -2.77. The number of hydrogen-bond donors (Lipinski definition) is 2. The summed E-state index contributed by atoms with van der Waals surface area (Å²) in [6.07, 6.45) is -4.48. The molecule has 3 N–H and O–H groups in total. The van der Waals surface area contributed by atoms with E-state index in [4.69, 9.17) is 24.5 Å². The van der Waals surface area contributed by atoms with Crippen LogP contribution in [0.4, 0.5) is 18.4 Å². The Bertz CT molecular complexity index is 1030. The third-order valence-corrected chi connectivity index (χ3v) is 5.45. The highest BCUT2D eigenvalue weighted by Crippen LogP contribution is 2.29. The average Bonchev–Trinajstić information content (AvgIpc) is 2.70. The normalized spacial score (nSPS) is 14.2. The topological polar surface area (TPSA) is 145 Å². The van der Waals surface area contributed by atoms with E-state index in [1.54, 1.807) is 24.3 Å². The van der Waals surface area contributed by atoms with E-state index in [1.165, 1.54) is 48.5 Å². The molecule has 0 aliphatic rings. The summed E-state index contributed by atoms with van der Waals surface area (Å²) in [5.41, 5.74) is 4.17. The Morgan fingerprint density at radius 3 is 1.79 bits per heavy atom. The molecule has 1 unspecified atom stereocenters. The van der Waals surface area contributed by atoms with Crippen molar-refractivity contribution in [3.63, 3.8) is 0 Å². The van der Waals surface area contributed by atoms with Crippen molar-refractivity contribution in [2.45, 2.75) is 96.3 Å². The number of ether oxygens (including phenoxy) is 3. The molecule has 2 atom stereocenters. The summed E-state index contributed by atoms with van der Waals surface area (Å²) in [4.78, 5) is 38.2. The van der Waals surface area contributed by atoms with Crippen molar-refractivity contribution in [2.24, 2.45) is 5.73 Å². The van der Waals surface area contributed by atoms with Crippen LogP contribution in [0.25, 0.3) is 0 Å². The van der Waals surface area contributed by atoms with Crippen LogP contribution in [0.2, 0.25) is 0 Å². The third kappa shape index (κ3) is 14.8. The van der Waals surface area contributed by atoms with Gasteiger partial charge in [-0.3, -0.25) is 0 Å². The molecule has 0 fully saturated rings. The maximum Gasteiger partial charge on any atom is 0.420 e. The van der Waals surface area contributed by atoms with Crippen LogP contribution in [0.1, 0.15) is 66.9 Å². The number of hydrogen-bond acceptors (Lipinski definition) is 8. The molecule has 0 aliphatic heterocycles. The molecule has 0 heterocycles. The van der Waals surface area contributed by atoms with Gasteiger partial charge in [0.1, 0.15) is 27.0 Å². The Kier molecular flexibility index (Phi) is 13.5. The molecule has 1 aromatic rings. The van der Waals surface area contributed by atoms with Crippen molar-refractivity contribution >= 4 is 33.8 Å². The maximum absolute atomic E-state index is 14.2. The molecule has 0 saturated heterocycles. The van der Waals surface area contributed by atoms with Crippen LogP contribution < -0.4 is 5.73 Å². The number of imide groups is 1. The van der Waals surface area contributed by atoms with Crippen LogP contribution in [0.5, 0.6) is 0 Å². The molecule has 0 radical (unpaired) electrons. The molecule has 0 bridgehead atoms. The van der Waals surface area contributed by atoms with Gasteiger partial charge in [-0.1, -0.05) is 17.7 Å². The first kappa shape index (κ1) is 36.2. The Morgan fingerprint density at radius 1 is 1.03 bits per heavy atom. The maximum atomic E-state index is 14.2.